The number of anilines is 1. The van der Waals surface area contributed by atoms with Crippen LogP contribution < -0.4 is 15.2 Å². The average Bonchev–Trinajstić information content (AvgIpc) is 2.85. The summed E-state index contributed by atoms with van der Waals surface area (Å²) in [6, 6.07) is 15.3. The van der Waals surface area contributed by atoms with E-state index in [0.29, 0.717) is 12.5 Å². The van der Waals surface area contributed by atoms with Crippen LogP contribution in [0.1, 0.15) is 12.8 Å². The number of benzene rings is 1. The summed E-state index contributed by atoms with van der Waals surface area (Å²) in [5, 5.41) is 5.72. The van der Waals surface area contributed by atoms with E-state index in [4.69, 9.17) is 4.74 Å². The predicted octanol–water partition coefficient (Wildman–Crippen LogP) is 3.78. The molecule has 32 heavy (non-hydrogen) atoms. The third kappa shape index (κ3) is 4.06. The Hall–Kier alpha value is -3.74. The molecule has 7 heteroatoms. The van der Waals surface area contributed by atoms with Gasteiger partial charge in [-0.3, -0.25) is 14.8 Å². The van der Waals surface area contributed by atoms with Crippen molar-refractivity contribution in [2.75, 3.05) is 25.1 Å². The van der Waals surface area contributed by atoms with E-state index in [9.17, 15) is 4.79 Å². The van der Waals surface area contributed by atoms with Crippen molar-refractivity contribution in [2.24, 2.45) is 5.92 Å². The number of hydrogen-bond donors (Lipinski definition) is 0. The maximum atomic E-state index is 12.4. The van der Waals surface area contributed by atoms with E-state index in [2.05, 4.69) is 32.1 Å². The highest BCUT2D eigenvalue weighted by Crippen LogP contribution is 2.31. The Morgan fingerprint density at radius 2 is 1.81 bits per heavy atom. The number of aromatic nitrogens is 4. The Balaban J connectivity index is 1.31. The zero-order valence-electron chi connectivity index (χ0n) is 18.0. The molecule has 1 saturated heterocycles. The molecule has 7 nitrogen and oxygen atoms in total. The molecule has 4 aromatic rings. The van der Waals surface area contributed by atoms with Crippen molar-refractivity contribution in [3.63, 3.8) is 0 Å². The number of fused-ring (bicyclic) bond motifs is 1. The molecule has 3 aromatic heterocycles. The molecule has 0 bridgehead atoms. The van der Waals surface area contributed by atoms with Crippen LogP contribution >= 0.6 is 0 Å². The van der Waals surface area contributed by atoms with Crippen LogP contribution in [0.3, 0.4) is 0 Å². The molecule has 0 unspecified atom stereocenters. The topological polar surface area (TPSA) is 73.1 Å². The number of ether oxygens (including phenoxy) is 1. The SMILES string of the molecule is COc1ccc2nccc(N3CCC(Cn4nc(-c5ccncc5)ccc4=O)CC3)c2c1. The first kappa shape index (κ1) is 20.2. The summed E-state index contributed by atoms with van der Waals surface area (Å²) >= 11 is 0. The van der Waals surface area contributed by atoms with E-state index >= 15 is 0 Å². The maximum absolute atomic E-state index is 12.4. The average molecular weight is 428 g/mol. The lowest BCUT2D eigenvalue weighted by Gasteiger charge is -2.34. The summed E-state index contributed by atoms with van der Waals surface area (Å²) in [7, 11) is 1.68. The van der Waals surface area contributed by atoms with Crippen LogP contribution in [0.5, 0.6) is 5.75 Å². The van der Waals surface area contributed by atoms with Gasteiger partial charge in [-0.1, -0.05) is 0 Å². The van der Waals surface area contributed by atoms with Gasteiger partial charge in [-0.2, -0.15) is 5.10 Å². The smallest absolute Gasteiger partial charge is 0.266 e. The van der Waals surface area contributed by atoms with E-state index in [1.165, 1.54) is 5.69 Å². The fourth-order valence-corrected chi connectivity index (χ4v) is 4.37. The highest BCUT2D eigenvalue weighted by atomic mass is 16.5. The van der Waals surface area contributed by atoms with Crippen LogP contribution in [0.25, 0.3) is 22.2 Å². The fourth-order valence-electron chi connectivity index (χ4n) is 4.37. The molecule has 1 aliphatic rings. The van der Waals surface area contributed by atoms with Crippen LogP contribution in [0.2, 0.25) is 0 Å². The molecule has 162 valence electrons. The third-order valence-corrected chi connectivity index (χ3v) is 6.15. The van der Waals surface area contributed by atoms with E-state index in [1.807, 2.05) is 30.5 Å². The van der Waals surface area contributed by atoms with E-state index in [1.54, 1.807) is 36.3 Å². The Kier molecular flexibility index (Phi) is 5.54. The largest absolute Gasteiger partial charge is 0.497 e. The molecular formula is C25H25N5O2. The standard InChI is InChI=1S/C25H25N5O2/c1-32-20-2-3-23-21(16-20)24(8-13-27-23)29-14-9-18(10-15-29)17-30-25(31)5-4-22(28-30)19-6-11-26-12-7-19/h2-8,11-13,16,18H,9-10,14-15,17H2,1H3. The van der Waals surface area contributed by atoms with Gasteiger partial charge in [-0.25, -0.2) is 4.68 Å². The number of piperidine rings is 1. The fraction of sp³-hybridized carbons (Fsp3) is 0.280. The molecule has 4 heterocycles. The monoisotopic (exact) mass is 427 g/mol. The Morgan fingerprint density at radius 3 is 2.59 bits per heavy atom. The van der Waals surface area contributed by atoms with Crippen molar-refractivity contribution in [1.82, 2.24) is 19.7 Å². The number of nitrogens with zero attached hydrogens (tertiary/aromatic N) is 5. The van der Waals surface area contributed by atoms with Crippen molar-refractivity contribution in [2.45, 2.75) is 19.4 Å². The highest BCUT2D eigenvalue weighted by Gasteiger charge is 2.22. The summed E-state index contributed by atoms with van der Waals surface area (Å²) < 4.78 is 7.03. The minimum Gasteiger partial charge on any atom is -0.497 e. The molecule has 1 aliphatic heterocycles. The van der Waals surface area contributed by atoms with Crippen molar-refractivity contribution in [3.05, 3.63) is 77.5 Å². The van der Waals surface area contributed by atoms with Crippen molar-refractivity contribution < 1.29 is 4.74 Å². The summed E-state index contributed by atoms with van der Waals surface area (Å²) in [6.07, 6.45) is 7.34. The summed E-state index contributed by atoms with van der Waals surface area (Å²) in [6.45, 7) is 2.50. The van der Waals surface area contributed by atoms with Gasteiger partial charge in [0.05, 0.1) is 18.3 Å². The van der Waals surface area contributed by atoms with Crippen LogP contribution in [-0.2, 0) is 6.54 Å². The minimum absolute atomic E-state index is 0.0579. The van der Waals surface area contributed by atoms with Gasteiger partial charge < -0.3 is 9.64 Å². The van der Waals surface area contributed by atoms with Gasteiger partial charge in [-0.05, 0) is 61.2 Å². The van der Waals surface area contributed by atoms with Gasteiger partial charge >= 0.3 is 0 Å². The summed E-state index contributed by atoms with van der Waals surface area (Å²) in [5.41, 5.74) is 3.85. The second-order valence-electron chi connectivity index (χ2n) is 8.12. The van der Waals surface area contributed by atoms with E-state index in [-0.39, 0.29) is 5.56 Å². The van der Waals surface area contributed by atoms with Crippen LogP contribution in [0, 0.1) is 5.92 Å². The molecule has 1 fully saturated rings. The molecule has 1 aromatic carbocycles. The Morgan fingerprint density at radius 1 is 1.00 bits per heavy atom. The molecule has 0 amide bonds. The van der Waals surface area contributed by atoms with Crippen LogP contribution in [0.4, 0.5) is 5.69 Å². The first-order valence-electron chi connectivity index (χ1n) is 10.9. The van der Waals surface area contributed by atoms with Crippen molar-refractivity contribution >= 4 is 16.6 Å². The number of rotatable bonds is 5. The zero-order valence-corrected chi connectivity index (χ0v) is 18.0. The lowest BCUT2D eigenvalue weighted by Crippen LogP contribution is -2.37. The summed E-state index contributed by atoms with van der Waals surface area (Å²) in [5.74, 6) is 1.24. The number of pyridine rings is 2. The molecule has 0 saturated carbocycles. The Bertz CT molecular complexity index is 1280. The number of methoxy groups -OCH3 is 1. The molecule has 0 aliphatic carbocycles. The summed E-state index contributed by atoms with van der Waals surface area (Å²) in [4.78, 5) is 23.4. The maximum Gasteiger partial charge on any atom is 0.266 e. The second-order valence-corrected chi connectivity index (χ2v) is 8.12. The minimum atomic E-state index is -0.0579. The quantitative estimate of drug-likeness (QED) is 0.483. The van der Waals surface area contributed by atoms with E-state index in [0.717, 1.165) is 53.8 Å². The van der Waals surface area contributed by atoms with Gasteiger partial charge in [0.1, 0.15) is 5.75 Å². The molecule has 0 radical (unpaired) electrons. The first-order chi connectivity index (χ1) is 15.7. The predicted molar refractivity (Wildman–Crippen MR) is 125 cm³/mol. The van der Waals surface area contributed by atoms with Gasteiger partial charge in [-0.15, -0.1) is 0 Å². The molecule has 0 spiro atoms. The third-order valence-electron chi connectivity index (χ3n) is 6.15. The van der Waals surface area contributed by atoms with Gasteiger partial charge in [0.15, 0.2) is 0 Å². The van der Waals surface area contributed by atoms with Gasteiger partial charge in [0.25, 0.3) is 5.56 Å². The first-order valence-corrected chi connectivity index (χ1v) is 10.9. The molecule has 5 rings (SSSR count). The molecule has 0 atom stereocenters. The van der Waals surface area contributed by atoms with Crippen molar-refractivity contribution in [1.29, 1.82) is 0 Å². The molecular weight excluding hydrogens is 402 g/mol. The lowest BCUT2D eigenvalue weighted by molar-refractivity contribution is 0.336. The number of hydrogen-bond acceptors (Lipinski definition) is 6. The van der Waals surface area contributed by atoms with Crippen molar-refractivity contribution in [3.8, 4) is 17.0 Å². The lowest BCUT2D eigenvalue weighted by atomic mass is 9.96. The second kappa shape index (κ2) is 8.78. The molecule has 0 N–H and O–H groups in total. The Labute approximate surface area is 186 Å². The van der Waals surface area contributed by atoms with Crippen LogP contribution in [0.15, 0.2) is 71.9 Å². The normalized spacial score (nSPS) is 14.6. The van der Waals surface area contributed by atoms with E-state index < -0.39 is 0 Å². The highest BCUT2D eigenvalue weighted by molar-refractivity contribution is 5.92. The van der Waals surface area contributed by atoms with Gasteiger partial charge in [0.2, 0.25) is 0 Å². The zero-order chi connectivity index (χ0) is 21.9. The van der Waals surface area contributed by atoms with Crippen LogP contribution in [-0.4, -0.2) is 39.9 Å². The van der Waals surface area contributed by atoms with Gasteiger partial charge in [0, 0.05) is 60.9 Å².